The Morgan fingerprint density at radius 1 is 0.528 bits per heavy atom. The summed E-state index contributed by atoms with van der Waals surface area (Å²) in [7, 11) is 0. The number of aryl methyl sites for hydroxylation is 4. The number of pyridine rings is 2. The third-order valence-electron chi connectivity index (χ3n) is 21.8. The molecule has 0 bridgehead atoms. The van der Waals surface area contributed by atoms with Gasteiger partial charge < -0.3 is 56.4 Å². The molecule has 0 radical (unpaired) electrons. The van der Waals surface area contributed by atoms with Gasteiger partial charge in [0, 0.05) is 45.3 Å². The van der Waals surface area contributed by atoms with Crippen molar-refractivity contribution in [1.82, 2.24) is 75.4 Å². The fourth-order valence-corrected chi connectivity index (χ4v) is 15.5. The zero-order chi connectivity index (χ0) is 89.7. The monoisotopic (exact) mass is 1720 g/mol. The number of anilines is 2. The van der Waals surface area contributed by atoms with Gasteiger partial charge in [0.2, 0.25) is 29.5 Å². The first kappa shape index (κ1) is 94.9. The van der Waals surface area contributed by atoms with E-state index >= 15 is 0 Å². The van der Waals surface area contributed by atoms with Crippen LogP contribution in [-0.2, 0) is 54.7 Å². The predicted molar refractivity (Wildman–Crippen MR) is 463 cm³/mol. The number of benzene rings is 2. The second kappa shape index (κ2) is 45.9. The molecule has 0 spiro atoms. The Morgan fingerprint density at radius 2 is 0.920 bits per heavy atom. The number of nitrogens with two attached hydrogens (primary N) is 3. The molecule has 2 aromatic carbocycles. The van der Waals surface area contributed by atoms with Crippen molar-refractivity contribution in [3.63, 3.8) is 0 Å². The second-order valence-corrected chi connectivity index (χ2v) is 32.6. The number of nitrogen functional groups attached to an aromatic ring is 2. The molecule has 2 saturated heterocycles. The summed E-state index contributed by atoms with van der Waals surface area (Å²) in [5, 5.41) is 51.6. The largest absolute Gasteiger partial charge is 0.490 e. The number of carboxylic acid groups (broad SMARTS) is 1. The first-order chi connectivity index (χ1) is 60.1. The highest BCUT2D eigenvalue weighted by Gasteiger charge is 2.47. The SMILES string of the molecule is CCn1c(-c2nonc2N)nc2c(C#CC(C)(C)O)ncc(OCCCCCCCC(=O)NCCCCCCCCCc3cccc4c3C(=O)N(C3CCC(=O)NC3=O)C4=O)c21.CCn1c(-c2nonc2N)nc2c(C#CC(C)(C)O)ncc(OCCCCCCCC(=O)O)c21.NCCCCCCCCCc1cccc2c1C(=O)N(C1CCC(=O)NC1=O)C2=O. The van der Waals surface area contributed by atoms with Crippen LogP contribution >= 0.6 is 0 Å². The highest BCUT2D eigenvalue weighted by Crippen LogP contribution is 2.38. The number of aliphatic carboxylic acids is 1. The first-order valence-corrected chi connectivity index (χ1v) is 43.7. The van der Waals surface area contributed by atoms with Gasteiger partial charge in [0.1, 0.15) is 56.7 Å². The van der Waals surface area contributed by atoms with Crippen molar-refractivity contribution >= 4 is 92.8 Å². The van der Waals surface area contributed by atoms with Gasteiger partial charge in [-0.05, 0) is 181 Å². The van der Waals surface area contributed by atoms with Crippen LogP contribution < -0.4 is 42.6 Å². The van der Waals surface area contributed by atoms with Crippen molar-refractivity contribution < 1.29 is 82.0 Å². The van der Waals surface area contributed by atoms with Crippen LogP contribution in [0.5, 0.6) is 11.5 Å². The van der Waals surface area contributed by atoms with Crippen LogP contribution in [0.4, 0.5) is 11.6 Å². The van der Waals surface area contributed by atoms with Gasteiger partial charge in [0.05, 0.1) is 47.9 Å². The van der Waals surface area contributed by atoms with Crippen molar-refractivity contribution in [3.8, 4) is 58.2 Å². The van der Waals surface area contributed by atoms with Crippen LogP contribution in [0.15, 0.2) is 58.0 Å². The maximum absolute atomic E-state index is 13.3. The number of aromatic nitrogens is 10. The second-order valence-electron chi connectivity index (χ2n) is 32.6. The Morgan fingerprint density at radius 3 is 1.30 bits per heavy atom. The number of hydrogen-bond donors (Lipinski definition) is 9. The lowest BCUT2D eigenvalue weighted by atomic mass is 9.97. The average Bonchev–Trinajstić information content (AvgIpc) is 1.62. The molecule has 9 amide bonds. The van der Waals surface area contributed by atoms with Gasteiger partial charge in [-0.3, -0.25) is 68.4 Å². The number of piperidine rings is 2. The highest BCUT2D eigenvalue weighted by molar-refractivity contribution is 6.25. The van der Waals surface area contributed by atoms with E-state index < -0.39 is 70.6 Å². The number of nitrogens with zero attached hydrogens (tertiary/aromatic N) is 12. The van der Waals surface area contributed by atoms with Crippen LogP contribution in [0.1, 0.15) is 298 Å². The quantitative estimate of drug-likeness (QED) is 0.00973. The highest BCUT2D eigenvalue weighted by atomic mass is 16.6. The number of imidazole rings is 2. The molecular weight excluding hydrogens is 1610 g/mol. The number of carbonyl (C=O) groups is 10. The molecule has 10 heterocycles. The standard InChI is InChI=1S/C45H57N9O8.C23H30N6O5.C22H29N3O4/c1-4-53-39-33(28-48-31(24-25-45(2,3)60)37(39)50-41(53)38-40(46)52-62-51-38)61-27-16-12-8-10-14-21-34(55)47-26-15-11-7-5-6-9-13-18-29-19-17-20-30-36(29)44(59)54(43(30)58)32-22-23-35(56)49-42(32)57;1-4-29-20-16(33-13-9-7-5-6-8-10-17(30)31)14-25-15(11-12-23(2,3)32)18(20)26-22(29)19-21(24)28-34-27-19;23-14-7-5-3-1-2-4-6-9-15-10-8-11-16-19(15)22(29)25(21(16)28)17-12-13-18(26)24-20(17)27/h17,19-20,28,32,60H,4-16,18,21-23,26-27H2,1-3H3,(H2,46,52)(H,47,55)(H,49,56,57);14,32H,4-10,13H2,1-3H3,(H2,24,28)(H,30,31);8,10-11,17H,1-7,9,12-14,23H2,(H,24,26,27). The van der Waals surface area contributed by atoms with Crippen LogP contribution in [0.25, 0.3) is 45.1 Å². The molecule has 2 atom stereocenters. The number of unbranched alkanes of at least 4 members (excludes halogenated alkanes) is 20. The predicted octanol–water partition coefficient (Wildman–Crippen LogP) is 10.7. The number of rotatable bonds is 43. The smallest absolute Gasteiger partial charge is 0.303 e. The molecular formula is C90H116N18O17. The lowest BCUT2D eigenvalue weighted by Gasteiger charge is -2.27. The molecule has 0 saturated carbocycles. The molecule has 4 aliphatic heterocycles. The summed E-state index contributed by atoms with van der Waals surface area (Å²) in [6.45, 7) is 13.7. The number of amides is 9. The summed E-state index contributed by atoms with van der Waals surface area (Å²) in [5.41, 5.74) is 22.0. The number of ether oxygens (including phenoxy) is 2. The van der Waals surface area contributed by atoms with E-state index in [1.807, 2.05) is 35.1 Å². The van der Waals surface area contributed by atoms with Crippen LogP contribution in [0, 0.1) is 23.7 Å². The third-order valence-corrected chi connectivity index (χ3v) is 21.8. The molecule has 8 aromatic rings. The van der Waals surface area contributed by atoms with Crippen LogP contribution in [0.2, 0.25) is 0 Å². The molecule has 35 nitrogen and oxygen atoms in total. The van der Waals surface area contributed by atoms with E-state index in [0.29, 0.717) is 142 Å². The van der Waals surface area contributed by atoms with Gasteiger partial charge in [-0.1, -0.05) is 139 Å². The normalized spacial score (nSPS) is 15.0. The number of carboxylic acids is 1. The summed E-state index contributed by atoms with van der Waals surface area (Å²) >= 11 is 0. The van der Waals surface area contributed by atoms with Crippen molar-refractivity contribution in [2.75, 3.05) is 37.8 Å². The van der Waals surface area contributed by atoms with Gasteiger partial charge in [-0.2, -0.15) is 0 Å². The van der Waals surface area contributed by atoms with Gasteiger partial charge in [-0.25, -0.2) is 29.2 Å². The number of aliphatic hydroxyl groups is 2. The molecule has 6 aromatic heterocycles. The molecule has 35 heteroatoms. The summed E-state index contributed by atoms with van der Waals surface area (Å²) in [6.07, 6.45) is 29.6. The Labute approximate surface area is 725 Å². The lowest BCUT2D eigenvalue weighted by Crippen LogP contribution is -2.54. The zero-order valence-electron chi connectivity index (χ0n) is 72.3. The third kappa shape index (κ3) is 25.7. The molecule has 668 valence electrons. The van der Waals surface area contributed by atoms with E-state index in [-0.39, 0.29) is 55.6 Å². The summed E-state index contributed by atoms with van der Waals surface area (Å²) in [4.78, 5) is 143. The number of hydrogen-bond acceptors (Lipinski definition) is 27. The molecule has 12 N–H and O–H groups in total. The number of carbonyl (C=O) groups excluding carboxylic acids is 9. The van der Waals surface area contributed by atoms with E-state index in [0.717, 1.165) is 162 Å². The van der Waals surface area contributed by atoms with Crippen molar-refractivity contribution in [2.24, 2.45) is 5.73 Å². The van der Waals surface area contributed by atoms with E-state index in [4.69, 9.17) is 46.0 Å². The minimum Gasteiger partial charge on any atom is -0.490 e. The maximum atomic E-state index is 13.3. The average molecular weight is 1720 g/mol. The Hall–Kier alpha value is -12.3. The zero-order valence-corrected chi connectivity index (χ0v) is 72.3. The van der Waals surface area contributed by atoms with E-state index in [2.05, 4.69) is 75.2 Å². The fourth-order valence-electron chi connectivity index (χ4n) is 15.5. The van der Waals surface area contributed by atoms with Gasteiger partial charge in [-0.15, -0.1) is 0 Å². The fraction of sp³-hybridized carbons (Fsp3) is 0.533. The molecule has 0 aliphatic carbocycles. The van der Waals surface area contributed by atoms with Crippen molar-refractivity contribution in [1.29, 1.82) is 0 Å². The molecule has 4 aliphatic rings. The summed E-state index contributed by atoms with van der Waals surface area (Å²) in [6, 6.07) is 8.72. The minimum absolute atomic E-state index is 0.0865. The minimum atomic E-state index is -1.21. The van der Waals surface area contributed by atoms with Gasteiger partial charge >= 0.3 is 5.97 Å². The van der Waals surface area contributed by atoms with Crippen LogP contribution in [0.3, 0.4) is 0 Å². The van der Waals surface area contributed by atoms with E-state index in [1.165, 1.54) is 19.3 Å². The summed E-state index contributed by atoms with van der Waals surface area (Å²) < 4.78 is 25.7. The first-order valence-electron chi connectivity index (χ1n) is 43.7. The Balaban J connectivity index is 0.000000217. The number of fused-ring (bicyclic) bond motifs is 4. The summed E-state index contributed by atoms with van der Waals surface area (Å²) in [5.74, 6) is 9.24. The molecule has 2 unspecified atom stereocenters. The van der Waals surface area contributed by atoms with Crippen molar-refractivity contribution in [2.45, 2.75) is 283 Å². The Kier molecular flexibility index (Phi) is 34.8. The molecule has 2 fully saturated rings. The number of nitrogens with one attached hydrogen (secondary N) is 3. The molecule has 125 heavy (non-hydrogen) atoms. The Bertz CT molecular complexity index is 5300. The van der Waals surface area contributed by atoms with Crippen molar-refractivity contribution in [3.05, 3.63) is 93.6 Å². The topological polar surface area (TPSA) is 510 Å². The van der Waals surface area contributed by atoms with E-state index in [1.54, 1.807) is 64.4 Å². The maximum Gasteiger partial charge on any atom is 0.303 e. The van der Waals surface area contributed by atoms with Crippen LogP contribution in [-0.4, -0.2) is 184 Å². The van der Waals surface area contributed by atoms with E-state index in [9.17, 15) is 58.2 Å². The number of imide groups is 4. The molecule has 12 rings (SSSR count). The van der Waals surface area contributed by atoms with Gasteiger partial charge in [0.25, 0.3) is 23.6 Å². The van der Waals surface area contributed by atoms with Gasteiger partial charge in [0.15, 0.2) is 46.2 Å². The lowest BCUT2D eigenvalue weighted by molar-refractivity contribution is -0.138.